The van der Waals surface area contributed by atoms with Crippen LogP contribution in [0.3, 0.4) is 0 Å². The Morgan fingerprint density at radius 1 is 1.21 bits per heavy atom. The smallest absolute Gasteiger partial charge is 0.271 e. The highest BCUT2D eigenvalue weighted by molar-refractivity contribution is 5.94. The van der Waals surface area contributed by atoms with E-state index >= 15 is 0 Å². The number of nitro groups is 1. The molecule has 0 spiro atoms. The van der Waals surface area contributed by atoms with Gasteiger partial charge in [0.15, 0.2) is 12.4 Å². The van der Waals surface area contributed by atoms with E-state index in [9.17, 15) is 19.7 Å². The number of non-ortho nitro benzene ring substituents is 1. The molecule has 0 radical (unpaired) electrons. The molecule has 0 unspecified atom stereocenters. The Morgan fingerprint density at radius 3 is 2.62 bits per heavy atom. The topological polar surface area (TPSA) is 98.5 Å². The zero-order valence-corrected chi connectivity index (χ0v) is 13.2. The molecule has 0 bridgehead atoms. The number of amides is 1. The minimum atomic E-state index is -0.529. The fourth-order valence-electron chi connectivity index (χ4n) is 2.00. The van der Waals surface area contributed by atoms with Gasteiger partial charge in [0.2, 0.25) is 0 Å². The molecule has 2 aromatic rings. The number of nitrogens with one attached hydrogen (secondary N) is 1. The van der Waals surface area contributed by atoms with E-state index in [1.807, 2.05) is 0 Å². The van der Waals surface area contributed by atoms with E-state index in [1.54, 1.807) is 37.3 Å². The quantitative estimate of drug-likeness (QED) is 0.499. The summed E-state index contributed by atoms with van der Waals surface area (Å²) in [4.78, 5) is 33.5. The van der Waals surface area contributed by atoms with Gasteiger partial charge in [-0.2, -0.15) is 0 Å². The van der Waals surface area contributed by atoms with Crippen molar-refractivity contribution in [3.8, 4) is 5.75 Å². The lowest BCUT2D eigenvalue weighted by atomic mass is 10.1. The Morgan fingerprint density at radius 2 is 1.96 bits per heavy atom. The summed E-state index contributed by atoms with van der Waals surface area (Å²) in [5, 5.41) is 13.4. The van der Waals surface area contributed by atoms with Gasteiger partial charge < -0.3 is 10.1 Å². The summed E-state index contributed by atoms with van der Waals surface area (Å²) in [6, 6.07) is 10.7. The van der Waals surface area contributed by atoms with Crippen molar-refractivity contribution in [3.63, 3.8) is 0 Å². The van der Waals surface area contributed by atoms with E-state index < -0.39 is 10.8 Å². The Hall–Kier alpha value is -3.22. The van der Waals surface area contributed by atoms with Crippen molar-refractivity contribution in [2.24, 2.45) is 0 Å². The fourth-order valence-corrected chi connectivity index (χ4v) is 2.00. The molecular formula is C17H16N2O5. The van der Waals surface area contributed by atoms with Crippen LogP contribution in [0.25, 0.3) is 0 Å². The molecule has 24 heavy (non-hydrogen) atoms. The highest BCUT2D eigenvalue weighted by atomic mass is 16.6. The first kappa shape index (κ1) is 17.1. The van der Waals surface area contributed by atoms with Crippen LogP contribution in [-0.4, -0.2) is 23.2 Å². The van der Waals surface area contributed by atoms with Gasteiger partial charge in [0.25, 0.3) is 11.6 Å². The van der Waals surface area contributed by atoms with Gasteiger partial charge in [-0.3, -0.25) is 19.7 Å². The Labute approximate surface area is 138 Å². The van der Waals surface area contributed by atoms with Crippen LogP contribution < -0.4 is 10.1 Å². The molecule has 0 saturated heterocycles. The van der Waals surface area contributed by atoms with Gasteiger partial charge in [-0.1, -0.05) is 18.2 Å². The number of nitro benzene ring substituents is 1. The molecule has 0 aliphatic carbocycles. The number of ether oxygens (including phenoxy) is 1. The minimum Gasteiger partial charge on any atom is -0.484 e. The number of carbonyl (C=O) groups excluding carboxylic acids is 2. The third-order valence-corrected chi connectivity index (χ3v) is 3.32. The number of nitrogens with zero attached hydrogens (tertiary/aromatic N) is 1. The predicted octanol–water partition coefficient (Wildman–Crippen LogP) is 3.12. The average molecular weight is 328 g/mol. The summed E-state index contributed by atoms with van der Waals surface area (Å²) < 4.78 is 5.35. The van der Waals surface area contributed by atoms with E-state index in [0.717, 1.165) is 0 Å². The number of anilines is 1. The molecule has 2 aromatic carbocycles. The molecule has 0 aliphatic rings. The van der Waals surface area contributed by atoms with E-state index in [0.29, 0.717) is 22.6 Å². The number of rotatable bonds is 6. The van der Waals surface area contributed by atoms with Crippen molar-refractivity contribution < 1.29 is 19.2 Å². The van der Waals surface area contributed by atoms with E-state index in [-0.39, 0.29) is 18.1 Å². The largest absolute Gasteiger partial charge is 0.484 e. The second kappa shape index (κ2) is 7.36. The lowest BCUT2D eigenvalue weighted by molar-refractivity contribution is -0.384. The van der Waals surface area contributed by atoms with Gasteiger partial charge in [-0.15, -0.1) is 0 Å². The summed E-state index contributed by atoms with van der Waals surface area (Å²) in [5.74, 6) is -0.155. The van der Waals surface area contributed by atoms with Crippen LogP contribution in [0.4, 0.5) is 11.4 Å². The molecule has 1 N–H and O–H groups in total. The van der Waals surface area contributed by atoms with E-state index in [2.05, 4.69) is 5.32 Å². The molecule has 0 fully saturated rings. The first-order valence-electron chi connectivity index (χ1n) is 7.15. The highest BCUT2D eigenvalue weighted by Crippen LogP contribution is 2.22. The summed E-state index contributed by atoms with van der Waals surface area (Å²) in [7, 11) is 0. The second-order valence-electron chi connectivity index (χ2n) is 5.18. The molecule has 0 atom stereocenters. The molecular weight excluding hydrogens is 312 g/mol. The van der Waals surface area contributed by atoms with Gasteiger partial charge >= 0.3 is 0 Å². The standard InChI is InChI=1S/C17H16N2O5/c1-11-6-7-14(19(22)23)9-16(11)18-17(21)10-24-15-5-3-4-13(8-15)12(2)20/h3-9H,10H2,1-2H3,(H,18,21). The minimum absolute atomic E-state index is 0.0999. The Bertz CT molecular complexity index is 801. The molecule has 0 saturated carbocycles. The van der Waals surface area contributed by atoms with Crippen molar-refractivity contribution in [1.82, 2.24) is 0 Å². The third-order valence-electron chi connectivity index (χ3n) is 3.32. The molecule has 7 nitrogen and oxygen atoms in total. The molecule has 0 heterocycles. The van der Waals surface area contributed by atoms with Gasteiger partial charge in [0.1, 0.15) is 5.75 Å². The third kappa shape index (κ3) is 4.39. The molecule has 7 heteroatoms. The number of ketones is 1. The van der Waals surface area contributed by atoms with Crippen molar-refractivity contribution in [2.75, 3.05) is 11.9 Å². The van der Waals surface area contributed by atoms with Crippen molar-refractivity contribution in [2.45, 2.75) is 13.8 Å². The number of benzene rings is 2. The number of hydrogen-bond acceptors (Lipinski definition) is 5. The van der Waals surface area contributed by atoms with Crippen molar-refractivity contribution >= 4 is 23.1 Å². The predicted molar refractivity (Wildman–Crippen MR) is 88.4 cm³/mol. The van der Waals surface area contributed by atoms with Crippen molar-refractivity contribution in [3.05, 3.63) is 63.7 Å². The average Bonchev–Trinajstić information content (AvgIpc) is 2.55. The van der Waals surface area contributed by atoms with Crippen LogP contribution in [-0.2, 0) is 4.79 Å². The normalized spacial score (nSPS) is 10.1. The van der Waals surface area contributed by atoms with E-state index in [4.69, 9.17) is 4.74 Å². The molecule has 0 aliphatic heterocycles. The fraction of sp³-hybridized carbons (Fsp3) is 0.176. The number of hydrogen-bond donors (Lipinski definition) is 1. The number of carbonyl (C=O) groups is 2. The van der Waals surface area contributed by atoms with Crippen LogP contribution in [0.5, 0.6) is 5.75 Å². The Balaban J connectivity index is 2.01. The van der Waals surface area contributed by atoms with Crippen LogP contribution in [0.2, 0.25) is 0 Å². The van der Waals surface area contributed by atoms with Crippen LogP contribution in [0.15, 0.2) is 42.5 Å². The van der Waals surface area contributed by atoms with Gasteiger partial charge in [-0.05, 0) is 31.5 Å². The number of Topliss-reactive ketones (excluding diaryl/α,β-unsaturated/α-hetero) is 1. The maximum atomic E-state index is 12.0. The first-order chi connectivity index (χ1) is 11.4. The maximum Gasteiger partial charge on any atom is 0.271 e. The molecule has 124 valence electrons. The lowest BCUT2D eigenvalue weighted by Crippen LogP contribution is -2.20. The van der Waals surface area contributed by atoms with E-state index in [1.165, 1.54) is 19.1 Å². The van der Waals surface area contributed by atoms with Gasteiger partial charge in [-0.25, -0.2) is 0 Å². The highest BCUT2D eigenvalue weighted by Gasteiger charge is 2.11. The summed E-state index contributed by atoms with van der Waals surface area (Å²) in [5.41, 5.74) is 1.44. The molecule has 0 aromatic heterocycles. The van der Waals surface area contributed by atoms with Crippen LogP contribution in [0, 0.1) is 17.0 Å². The zero-order chi connectivity index (χ0) is 17.7. The van der Waals surface area contributed by atoms with Gasteiger partial charge in [0, 0.05) is 17.7 Å². The van der Waals surface area contributed by atoms with Gasteiger partial charge in [0.05, 0.1) is 10.6 Å². The number of aryl methyl sites for hydroxylation is 1. The van der Waals surface area contributed by atoms with Crippen LogP contribution >= 0.6 is 0 Å². The van der Waals surface area contributed by atoms with Crippen molar-refractivity contribution in [1.29, 1.82) is 0 Å². The molecule has 1 amide bonds. The monoisotopic (exact) mass is 328 g/mol. The second-order valence-corrected chi connectivity index (χ2v) is 5.18. The Kier molecular flexibility index (Phi) is 5.26. The van der Waals surface area contributed by atoms with Crippen LogP contribution in [0.1, 0.15) is 22.8 Å². The molecule has 2 rings (SSSR count). The summed E-state index contributed by atoms with van der Waals surface area (Å²) in [6.07, 6.45) is 0. The SMILES string of the molecule is CC(=O)c1cccc(OCC(=O)Nc2cc([N+](=O)[O-])ccc2C)c1. The maximum absolute atomic E-state index is 12.0. The summed E-state index contributed by atoms with van der Waals surface area (Å²) >= 11 is 0. The summed E-state index contributed by atoms with van der Waals surface area (Å²) in [6.45, 7) is 2.90. The first-order valence-corrected chi connectivity index (χ1v) is 7.15. The zero-order valence-electron chi connectivity index (χ0n) is 13.2. The lowest BCUT2D eigenvalue weighted by Gasteiger charge is -2.10.